The molecule has 148 valence electrons. The first kappa shape index (κ1) is 22.6. The van der Waals surface area contributed by atoms with E-state index in [9.17, 15) is 15.0 Å². The van der Waals surface area contributed by atoms with Crippen molar-refractivity contribution in [3.05, 3.63) is 0 Å². The standard InChI is InChI=1S/C16H35NO6Si2/c1-16(2,3)25(7,8)23-14-13(19)12(18)11-22-17(14)15(20)21-9-10-24(4,5)6/h12-14,18-19H,9-11H2,1-8H3/t12-,13-,14+/m0/s1. The molecule has 0 aliphatic carbocycles. The minimum atomic E-state index is -2.31. The minimum Gasteiger partial charge on any atom is -0.448 e. The molecule has 7 nitrogen and oxygen atoms in total. The van der Waals surface area contributed by atoms with Gasteiger partial charge in [0.05, 0.1) is 6.61 Å². The Bertz CT molecular complexity index is 461. The normalized spacial score (nSPS) is 25.8. The Morgan fingerprint density at radius 3 is 2.24 bits per heavy atom. The maximum absolute atomic E-state index is 12.4. The van der Waals surface area contributed by atoms with Crippen LogP contribution in [0.4, 0.5) is 4.79 Å². The van der Waals surface area contributed by atoms with Crippen molar-refractivity contribution >= 4 is 22.5 Å². The molecule has 1 saturated heterocycles. The maximum atomic E-state index is 12.4. The van der Waals surface area contributed by atoms with Crippen molar-refractivity contribution in [1.29, 1.82) is 0 Å². The molecule has 3 atom stereocenters. The van der Waals surface area contributed by atoms with E-state index >= 15 is 0 Å². The molecule has 0 saturated carbocycles. The van der Waals surface area contributed by atoms with Crippen LogP contribution in [0.2, 0.25) is 43.8 Å². The molecule has 0 aromatic heterocycles. The molecule has 0 radical (unpaired) electrons. The van der Waals surface area contributed by atoms with Crippen molar-refractivity contribution in [3.63, 3.8) is 0 Å². The molecular weight excluding hydrogens is 358 g/mol. The predicted molar refractivity (Wildman–Crippen MR) is 101 cm³/mol. The van der Waals surface area contributed by atoms with E-state index in [0.29, 0.717) is 6.61 Å². The Hall–Kier alpha value is -0.456. The van der Waals surface area contributed by atoms with Crippen LogP contribution < -0.4 is 0 Å². The first-order valence-corrected chi connectivity index (χ1v) is 15.4. The fourth-order valence-corrected chi connectivity index (χ4v) is 3.83. The van der Waals surface area contributed by atoms with E-state index in [-0.39, 0.29) is 11.6 Å². The number of ether oxygens (including phenoxy) is 1. The third-order valence-corrected chi connectivity index (χ3v) is 10.9. The highest BCUT2D eigenvalue weighted by atomic mass is 28.4. The Morgan fingerprint density at radius 1 is 1.20 bits per heavy atom. The average Bonchev–Trinajstić information content (AvgIpc) is 2.41. The number of amides is 1. The fraction of sp³-hybridized carbons (Fsp3) is 0.938. The van der Waals surface area contributed by atoms with E-state index < -0.39 is 40.9 Å². The van der Waals surface area contributed by atoms with Crippen LogP contribution in [0, 0.1) is 0 Å². The van der Waals surface area contributed by atoms with E-state index in [0.717, 1.165) is 11.1 Å². The molecule has 0 spiro atoms. The van der Waals surface area contributed by atoms with E-state index in [2.05, 4.69) is 40.4 Å². The van der Waals surface area contributed by atoms with Crippen molar-refractivity contribution in [2.45, 2.75) is 83.0 Å². The maximum Gasteiger partial charge on any atom is 0.436 e. The number of hydrogen-bond donors (Lipinski definition) is 2. The second-order valence-electron chi connectivity index (χ2n) is 9.37. The zero-order valence-electron chi connectivity index (χ0n) is 16.8. The second kappa shape index (κ2) is 8.05. The molecule has 25 heavy (non-hydrogen) atoms. The zero-order valence-corrected chi connectivity index (χ0v) is 18.8. The predicted octanol–water partition coefficient (Wildman–Crippen LogP) is 2.78. The molecular formula is C16H35NO6Si2. The number of carbonyl (C=O) groups is 1. The number of nitrogens with zero attached hydrogens (tertiary/aromatic N) is 1. The summed E-state index contributed by atoms with van der Waals surface area (Å²) in [7, 11) is -3.63. The largest absolute Gasteiger partial charge is 0.448 e. The highest BCUT2D eigenvalue weighted by molar-refractivity contribution is 6.76. The Morgan fingerprint density at radius 2 is 1.76 bits per heavy atom. The van der Waals surface area contributed by atoms with Crippen LogP contribution >= 0.6 is 0 Å². The lowest BCUT2D eigenvalue weighted by molar-refractivity contribution is -0.293. The summed E-state index contributed by atoms with van der Waals surface area (Å²) in [4.78, 5) is 17.8. The van der Waals surface area contributed by atoms with Gasteiger partial charge in [-0.2, -0.15) is 5.06 Å². The molecule has 9 heteroatoms. The van der Waals surface area contributed by atoms with Crippen LogP contribution in [0.15, 0.2) is 0 Å². The summed E-state index contributed by atoms with van der Waals surface area (Å²) in [6.07, 6.45) is -4.12. The third-order valence-electron chi connectivity index (χ3n) is 4.78. The van der Waals surface area contributed by atoms with Crippen LogP contribution in [0.3, 0.4) is 0 Å². The number of carbonyl (C=O) groups excluding carboxylic acids is 1. The molecule has 1 aliphatic heterocycles. The molecule has 1 rings (SSSR count). The van der Waals surface area contributed by atoms with Gasteiger partial charge in [-0.05, 0) is 24.2 Å². The van der Waals surface area contributed by atoms with Gasteiger partial charge in [0.25, 0.3) is 0 Å². The summed E-state index contributed by atoms with van der Waals surface area (Å²) >= 11 is 0. The molecule has 2 N–H and O–H groups in total. The van der Waals surface area contributed by atoms with Crippen LogP contribution in [-0.4, -0.2) is 69.4 Å². The quantitative estimate of drug-likeness (QED) is 0.698. The average molecular weight is 394 g/mol. The summed E-state index contributed by atoms with van der Waals surface area (Å²) in [6.45, 7) is 16.9. The summed E-state index contributed by atoms with van der Waals surface area (Å²) in [5.41, 5.74) is 0. The summed E-state index contributed by atoms with van der Waals surface area (Å²) < 4.78 is 11.5. The summed E-state index contributed by atoms with van der Waals surface area (Å²) in [5, 5.41) is 21.1. The molecule has 0 aromatic rings. The molecule has 1 amide bonds. The summed E-state index contributed by atoms with van der Waals surface area (Å²) in [6, 6.07) is 0.839. The van der Waals surface area contributed by atoms with Gasteiger partial charge in [0, 0.05) is 8.07 Å². The van der Waals surface area contributed by atoms with Gasteiger partial charge in [-0.1, -0.05) is 40.4 Å². The number of aliphatic hydroxyl groups excluding tert-OH is 2. The minimum absolute atomic E-state index is 0.122. The van der Waals surface area contributed by atoms with Gasteiger partial charge in [-0.25, -0.2) is 4.79 Å². The molecule has 0 aromatic carbocycles. The van der Waals surface area contributed by atoms with Gasteiger partial charge in [-0.15, -0.1) is 0 Å². The van der Waals surface area contributed by atoms with Crippen LogP contribution in [-0.2, 0) is 14.0 Å². The first-order valence-electron chi connectivity index (χ1n) is 8.78. The highest BCUT2D eigenvalue weighted by Gasteiger charge is 2.48. The Kier molecular flexibility index (Phi) is 7.28. The van der Waals surface area contributed by atoms with Gasteiger partial charge >= 0.3 is 6.09 Å². The van der Waals surface area contributed by atoms with E-state index in [4.69, 9.17) is 14.0 Å². The highest BCUT2D eigenvalue weighted by Crippen LogP contribution is 2.38. The summed E-state index contributed by atoms with van der Waals surface area (Å²) in [5.74, 6) is 0. The topological polar surface area (TPSA) is 88.5 Å². The molecule has 0 bridgehead atoms. The number of aliphatic hydroxyl groups is 2. The van der Waals surface area contributed by atoms with E-state index in [1.807, 2.05) is 13.1 Å². The Labute approximate surface area is 153 Å². The van der Waals surface area contributed by atoms with Crippen molar-refractivity contribution in [2.24, 2.45) is 0 Å². The van der Waals surface area contributed by atoms with Crippen molar-refractivity contribution in [1.82, 2.24) is 5.06 Å². The van der Waals surface area contributed by atoms with E-state index in [1.165, 1.54) is 0 Å². The third kappa shape index (κ3) is 6.33. The number of rotatable bonds is 5. The van der Waals surface area contributed by atoms with Gasteiger partial charge in [0.1, 0.15) is 18.8 Å². The van der Waals surface area contributed by atoms with E-state index in [1.54, 1.807) is 0 Å². The SMILES string of the molecule is CC(C)(C)[Si](C)(C)O[C@@H]1[C@@H](O)[C@@H](O)CON1C(=O)OCC[Si](C)(C)C. The van der Waals surface area contributed by atoms with Gasteiger partial charge in [-0.3, -0.25) is 4.84 Å². The smallest absolute Gasteiger partial charge is 0.436 e. The Balaban J connectivity index is 2.86. The lowest BCUT2D eigenvalue weighted by Crippen LogP contribution is -2.62. The lowest BCUT2D eigenvalue weighted by atomic mass is 10.1. The van der Waals surface area contributed by atoms with Crippen LogP contribution in [0.25, 0.3) is 0 Å². The number of hydrogen-bond acceptors (Lipinski definition) is 6. The van der Waals surface area contributed by atoms with Gasteiger partial charge in [0.2, 0.25) is 0 Å². The zero-order chi connectivity index (χ0) is 19.6. The first-order chi connectivity index (χ1) is 11.2. The monoisotopic (exact) mass is 393 g/mol. The van der Waals surface area contributed by atoms with Gasteiger partial charge in [0.15, 0.2) is 14.5 Å². The fourth-order valence-electron chi connectivity index (χ4n) is 1.92. The van der Waals surface area contributed by atoms with Crippen molar-refractivity contribution < 1.29 is 29.0 Å². The lowest BCUT2D eigenvalue weighted by Gasteiger charge is -2.45. The molecule has 0 unspecified atom stereocenters. The molecule has 1 fully saturated rings. The number of hydroxylamine groups is 2. The second-order valence-corrected chi connectivity index (χ2v) is 19.8. The van der Waals surface area contributed by atoms with Crippen molar-refractivity contribution in [3.8, 4) is 0 Å². The molecule has 1 aliphatic rings. The molecule has 1 heterocycles. The van der Waals surface area contributed by atoms with Crippen LogP contribution in [0.1, 0.15) is 20.8 Å². The van der Waals surface area contributed by atoms with Gasteiger partial charge < -0.3 is 19.4 Å². The van der Waals surface area contributed by atoms with Crippen molar-refractivity contribution in [2.75, 3.05) is 13.2 Å². The van der Waals surface area contributed by atoms with Crippen LogP contribution in [0.5, 0.6) is 0 Å².